The first-order valence-corrected chi connectivity index (χ1v) is 6.83. The average molecular weight is 326 g/mol. The van der Waals surface area contributed by atoms with Crippen molar-refractivity contribution in [2.24, 2.45) is 0 Å². The van der Waals surface area contributed by atoms with Gasteiger partial charge in [-0.2, -0.15) is 0 Å². The van der Waals surface area contributed by atoms with Crippen LogP contribution in [0.4, 0.5) is 0 Å². The van der Waals surface area contributed by atoms with Gasteiger partial charge in [0.2, 0.25) is 0 Å². The Hall–Kier alpha value is -1.33. The summed E-state index contributed by atoms with van der Waals surface area (Å²) < 4.78 is 6.77. The van der Waals surface area contributed by atoms with Crippen LogP contribution in [0.15, 0.2) is 33.2 Å². The number of aliphatic carboxylic acids is 1. The van der Waals surface area contributed by atoms with Gasteiger partial charge in [0.05, 0.1) is 6.04 Å². The fourth-order valence-electron chi connectivity index (χ4n) is 1.95. The van der Waals surface area contributed by atoms with Gasteiger partial charge in [0.25, 0.3) is 0 Å². The van der Waals surface area contributed by atoms with Gasteiger partial charge in [-0.25, -0.2) is 0 Å². The molecule has 0 spiro atoms. The van der Waals surface area contributed by atoms with Gasteiger partial charge < -0.3 is 9.52 Å². The lowest BCUT2D eigenvalue weighted by Crippen LogP contribution is -2.37. The maximum absolute atomic E-state index is 11.0. The molecule has 5 heteroatoms. The van der Waals surface area contributed by atoms with E-state index in [1.165, 1.54) is 0 Å². The summed E-state index contributed by atoms with van der Waals surface area (Å²) in [5.74, 6) is -0.0723. The second-order valence-corrected chi connectivity index (χ2v) is 5.60. The number of furan rings is 1. The van der Waals surface area contributed by atoms with E-state index in [1.54, 1.807) is 18.9 Å². The smallest absolute Gasteiger partial charge is 0.320 e. The molecule has 4 nitrogen and oxygen atoms in total. The van der Waals surface area contributed by atoms with E-state index in [-0.39, 0.29) is 6.04 Å². The van der Waals surface area contributed by atoms with E-state index >= 15 is 0 Å². The summed E-state index contributed by atoms with van der Waals surface area (Å²) in [5, 5.41) is 10.1. The van der Waals surface area contributed by atoms with Gasteiger partial charge in [-0.3, -0.25) is 9.69 Å². The number of carboxylic acid groups (broad SMARTS) is 1. The molecule has 0 aliphatic heterocycles. The monoisotopic (exact) mass is 325 g/mol. The number of hydrogen-bond acceptors (Lipinski definition) is 3. The number of fused-ring (bicyclic) bond motifs is 1. The van der Waals surface area contributed by atoms with E-state index in [1.807, 2.05) is 31.2 Å². The summed E-state index contributed by atoms with van der Waals surface area (Å²) in [4.78, 5) is 12.8. The highest BCUT2D eigenvalue weighted by molar-refractivity contribution is 9.10. The standard InChI is InChI=1S/C14H16BrNO3/c1-8(16(3)9(2)14(17)18)13-7-10-6-11(15)4-5-12(10)19-13/h4-9H,1-3H3,(H,17,18). The molecule has 0 aliphatic carbocycles. The van der Waals surface area contributed by atoms with Crippen LogP contribution in [0.1, 0.15) is 25.6 Å². The summed E-state index contributed by atoms with van der Waals surface area (Å²) in [5.41, 5.74) is 0.807. The van der Waals surface area contributed by atoms with Gasteiger partial charge in [0, 0.05) is 9.86 Å². The molecule has 1 aromatic carbocycles. The molecule has 0 aliphatic rings. The number of halogens is 1. The van der Waals surface area contributed by atoms with Gasteiger partial charge in [-0.1, -0.05) is 15.9 Å². The van der Waals surface area contributed by atoms with Crippen molar-refractivity contribution < 1.29 is 14.3 Å². The highest BCUT2D eigenvalue weighted by atomic mass is 79.9. The Morgan fingerprint density at radius 1 is 1.37 bits per heavy atom. The minimum Gasteiger partial charge on any atom is -0.480 e. The Kier molecular flexibility index (Phi) is 3.96. The normalized spacial score (nSPS) is 14.8. The molecule has 1 N–H and O–H groups in total. The number of nitrogens with zero attached hydrogens (tertiary/aromatic N) is 1. The van der Waals surface area contributed by atoms with Crippen LogP contribution in [0, 0.1) is 0 Å². The molecule has 0 radical (unpaired) electrons. The van der Waals surface area contributed by atoms with E-state index in [0.29, 0.717) is 0 Å². The number of carbonyl (C=O) groups is 1. The van der Waals surface area contributed by atoms with Crippen LogP contribution < -0.4 is 0 Å². The Morgan fingerprint density at radius 2 is 2.05 bits per heavy atom. The molecule has 0 saturated heterocycles. The second kappa shape index (κ2) is 5.35. The zero-order chi connectivity index (χ0) is 14.2. The first-order valence-electron chi connectivity index (χ1n) is 6.04. The average Bonchev–Trinajstić information content (AvgIpc) is 2.78. The number of rotatable bonds is 4. The number of benzene rings is 1. The zero-order valence-corrected chi connectivity index (χ0v) is 12.6. The predicted molar refractivity (Wildman–Crippen MR) is 77.2 cm³/mol. The Labute approximate surface area is 120 Å². The number of carboxylic acids is 1. The minimum absolute atomic E-state index is 0.0997. The number of hydrogen-bond donors (Lipinski definition) is 1. The topological polar surface area (TPSA) is 53.7 Å². The summed E-state index contributed by atoms with van der Waals surface area (Å²) >= 11 is 3.42. The summed E-state index contributed by atoms with van der Waals surface area (Å²) in [6.45, 7) is 3.60. The molecule has 0 fully saturated rings. The predicted octanol–water partition coefficient (Wildman–Crippen LogP) is 3.66. The molecule has 2 rings (SSSR count). The molecule has 19 heavy (non-hydrogen) atoms. The van der Waals surface area contributed by atoms with Crippen LogP contribution >= 0.6 is 15.9 Å². The maximum Gasteiger partial charge on any atom is 0.320 e. The van der Waals surface area contributed by atoms with Crippen molar-refractivity contribution in [1.82, 2.24) is 4.90 Å². The Bertz CT molecular complexity index is 608. The fourth-order valence-corrected chi connectivity index (χ4v) is 2.33. The molecule has 1 heterocycles. The summed E-state index contributed by atoms with van der Waals surface area (Å²) in [6.07, 6.45) is 0. The second-order valence-electron chi connectivity index (χ2n) is 4.69. The molecular formula is C14H16BrNO3. The fraction of sp³-hybridized carbons (Fsp3) is 0.357. The lowest BCUT2D eigenvalue weighted by Gasteiger charge is -2.26. The van der Waals surface area contributed by atoms with Crippen molar-refractivity contribution in [3.05, 3.63) is 34.5 Å². The van der Waals surface area contributed by atoms with Gasteiger partial charge in [0.1, 0.15) is 17.4 Å². The van der Waals surface area contributed by atoms with E-state index in [0.717, 1.165) is 21.2 Å². The molecule has 102 valence electrons. The Balaban J connectivity index is 2.30. The van der Waals surface area contributed by atoms with Gasteiger partial charge in [-0.05, 0) is 45.2 Å². The van der Waals surface area contributed by atoms with E-state index in [9.17, 15) is 4.79 Å². The van der Waals surface area contributed by atoms with E-state index in [4.69, 9.17) is 9.52 Å². The van der Waals surface area contributed by atoms with Gasteiger partial charge in [-0.15, -0.1) is 0 Å². The number of likely N-dealkylation sites (N-methyl/N-ethyl adjacent to an activating group) is 1. The minimum atomic E-state index is -0.840. The van der Waals surface area contributed by atoms with Gasteiger partial charge >= 0.3 is 5.97 Å². The maximum atomic E-state index is 11.0. The first-order chi connectivity index (χ1) is 8.90. The largest absolute Gasteiger partial charge is 0.480 e. The molecule has 2 atom stereocenters. The van der Waals surface area contributed by atoms with Crippen LogP contribution in [0.5, 0.6) is 0 Å². The lowest BCUT2D eigenvalue weighted by molar-refractivity contribution is -0.142. The summed E-state index contributed by atoms with van der Waals surface area (Å²) in [7, 11) is 1.78. The quantitative estimate of drug-likeness (QED) is 0.932. The SMILES string of the molecule is CC(C(=O)O)N(C)C(C)c1cc2cc(Br)ccc2o1. The molecule has 0 amide bonds. The van der Waals surface area contributed by atoms with E-state index < -0.39 is 12.0 Å². The van der Waals surface area contributed by atoms with Crippen molar-refractivity contribution in [1.29, 1.82) is 0 Å². The summed E-state index contributed by atoms with van der Waals surface area (Å²) in [6, 6.07) is 7.10. The van der Waals surface area contributed by atoms with Crippen LogP contribution in [0.3, 0.4) is 0 Å². The van der Waals surface area contributed by atoms with Crippen molar-refractivity contribution in [3.63, 3.8) is 0 Å². The molecule has 1 aromatic heterocycles. The van der Waals surface area contributed by atoms with Crippen molar-refractivity contribution in [3.8, 4) is 0 Å². The molecular weight excluding hydrogens is 310 g/mol. The highest BCUT2D eigenvalue weighted by Crippen LogP contribution is 2.29. The van der Waals surface area contributed by atoms with Crippen molar-refractivity contribution in [2.45, 2.75) is 25.9 Å². The highest BCUT2D eigenvalue weighted by Gasteiger charge is 2.24. The van der Waals surface area contributed by atoms with Gasteiger partial charge in [0.15, 0.2) is 0 Å². The molecule has 0 bridgehead atoms. The van der Waals surface area contributed by atoms with Crippen LogP contribution in [-0.4, -0.2) is 29.1 Å². The third-order valence-corrected chi connectivity index (χ3v) is 3.98. The van der Waals surface area contributed by atoms with Crippen LogP contribution in [-0.2, 0) is 4.79 Å². The van der Waals surface area contributed by atoms with Crippen molar-refractivity contribution in [2.75, 3.05) is 7.05 Å². The third kappa shape index (κ3) is 2.82. The molecule has 2 aromatic rings. The van der Waals surface area contributed by atoms with Crippen LogP contribution in [0.25, 0.3) is 11.0 Å². The zero-order valence-electron chi connectivity index (χ0n) is 11.1. The lowest BCUT2D eigenvalue weighted by atomic mass is 10.1. The van der Waals surface area contributed by atoms with E-state index in [2.05, 4.69) is 15.9 Å². The first kappa shape index (κ1) is 14.1. The van der Waals surface area contributed by atoms with Crippen molar-refractivity contribution >= 4 is 32.9 Å². The van der Waals surface area contributed by atoms with Crippen LogP contribution in [0.2, 0.25) is 0 Å². The molecule has 2 unspecified atom stereocenters. The Morgan fingerprint density at radius 3 is 2.68 bits per heavy atom. The molecule has 0 saturated carbocycles. The third-order valence-electron chi connectivity index (χ3n) is 3.49.